The van der Waals surface area contributed by atoms with Gasteiger partial charge in [-0.1, -0.05) is 35.3 Å². The van der Waals surface area contributed by atoms with E-state index >= 15 is 0 Å². The molecule has 0 saturated heterocycles. The first kappa shape index (κ1) is 19.1. The Morgan fingerprint density at radius 3 is 2.40 bits per heavy atom. The average molecular weight is 388 g/mol. The lowest BCUT2D eigenvalue weighted by molar-refractivity contribution is -0.124. The lowest BCUT2D eigenvalue weighted by Gasteiger charge is -2.16. The molecule has 2 aromatic carbocycles. The predicted molar refractivity (Wildman–Crippen MR) is 89.7 cm³/mol. The molecule has 0 spiro atoms. The van der Waals surface area contributed by atoms with E-state index in [1.165, 1.54) is 6.07 Å². The van der Waals surface area contributed by atoms with Gasteiger partial charge in [0.2, 0.25) is 0 Å². The van der Waals surface area contributed by atoms with Crippen molar-refractivity contribution in [2.75, 3.05) is 6.61 Å². The van der Waals surface area contributed by atoms with E-state index in [1.807, 2.05) is 0 Å². The summed E-state index contributed by atoms with van der Waals surface area (Å²) >= 11 is 11.9. The molecule has 0 aliphatic heterocycles. The fourth-order valence-corrected chi connectivity index (χ4v) is 2.68. The number of hydrogen-bond acceptors (Lipinski definition) is 3. The summed E-state index contributed by atoms with van der Waals surface area (Å²) in [5.74, 6) is -4.04. The van der Waals surface area contributed by atoms with Crippen LogP contribution in [0.15, 0.2) is 36.4 Å². The van der Waals surface area contributed by atoms with Crippen LogP contribution < -0.4 is 5.32 Å². The zero-order valence-electron chi connectivity index (χ0n) is 13.0. The Bertz CT molecular complexity index is 794. The van der Waals surface area contributed by atoms with E-state index in [-0.39, 0.29) is 0 Å². The second kappa shape index (κ2) is 8.27. The second-order valence-corrected chi connectivity index (χ2v) is 5.97. The molecule has 25 heavy (non-hydrogen) atoms. The molecular weight excluding hydrogens is 375 g/mol. The Morgan fingerprint density at radius 2 is 1.80 bits per heavy atom. The molecule has 8 heteroatoms. The molecule has 1 N–H and O–H groups in total. The fourth-order valence-electron chi connectivity index (χ4n) is 2.11. The van der Waals surface area contributed by atoms with E-state index in [0.717, 1.165) is 18.2 Å². The summed E-state index contributed by atoms with van der Waals surface area (Å²) in [7, 11) is 0. The first-order chi connectivity index (χ1) is 11.8. The third kappa shape index (κ3) is 4.90. The molecule has 0 aliphatic carbocycles. The van der Waals surface area contributed by atoms with Gasteiger partial charge in [0.15, 0.2) is 6.61 Å². The average Bonchev–Trinajstić information content (AvgIpc) is 2.52. The monoisotopic (exact) mass is 387 g/mol. The van der Waals surface area contributed by atoms with E-state index in [0.29, 0.717) is 15.6 Å². The van der Waals surface area contributed by atoms with Gasteiger partial charge in [0.25, 0.3) is 5.91 Å². The summed E-state index contributed by atoms with van der Waals surface area (Å²) in [6.07, 6.45) is 0. The number of ether oxygens (including phenoxy) is 1. The smallest absolute Gasteiger partial charge is 0.344 e. The number of nitrogens with one attached hydrogen (secondary N) is 1. The van der Waals surface area contributed by atoms with Gasteiger partial charge in [-0.3, -0.25) is 4.79 Å². The van der Waals surface area contributed by atoms with Crippen molar-refractivity contribution >= 4 is 35.1 Å². The number of amides is 1. The largest absolute Gasteiger partial charge is 0.452 e. The van der Waals surface area contributed by atoms with Crippen molar-refractivity contribution in [3.8, 4) is 0 Å². The molecule has 1 amide bonds. The zero-order valence-corrected chi connectivity index (χ0v) is 14.5. The first-order valence-electron chi connectivity index (χ1n) is 7.15. The summed E-state index contributed by atoms with van der Waals surface area (Å²) in [6.45, 7) is 0.980. The van der Waals surface area contributed by atoms with Crippen LogP contribution in [0, 0.1) is 11.6 Å². The third-order valence-electron chi connectivity index (χ3n) is 3.31. The molecule has 4 nitrogen and oxygen atoms in total. The van der Waals surface area contributed by atoms with Crippen molar-refractivity contribution in [2.45, 2.75) is 13.0 Å². The van der Waals surface area contributed by atoms with E-state index < -0.39 is 41.7 Å². The number of benzene rings is 2. The lowest BCUT2D eigenvalue weighted by Crippen LogP contribution is -2.31. The Morgan fingerprint density at radius 1 is 1.16 bits per heavy atom. The number of carbonyl (C=O) groups is 2. The molecule has 0 radical (unpaired) electrons. The van der Waals surface area contributed by atoms with Gasteiger partial charge in [-0.15, -0.1) is 0 Å². The van der Waals surface area contributed by atoms with Crippen molar-refractivity contribution < 1.29 is 23.1 Å². The molecule has 0 heterocycles. The van der Waals surface area contributed by atoms with Crippen LogP contribution in [0.1, 0.15) is 28.9 Å². The SMILES string of the molecule is C[C@@H](NC(=O)COC(=O)c1c(F)cccc1F)c1ccc(Cl)cc1Cl. The van der Waals surface area contributed by atoms with Crippen LogP contribution in [0.5, 0.6) is 0 Å². The minimum Gasteiger partial charge on any atom is -0.452 e. The van der Waals surface area contributed by atoms with Gasteiger partial charge in [-0.25, -0.2) is 13.6 Å². The molecule has 132 valence electrons. The number of esters is 1. The van der Waals surface area contributed by atoms with Gasteiger partial charge in [0, 0.05) is 10.0 Å². The van der Waals surface area contributed by atoms with Gasteiger partial charge in [0.05, 0.1) is 6.04 Å². The Balaban J connectivity index is 1.95. The van der Waals surface area contributed by atoms with Gasteiger partial charge in [0.1, 0.15) is 17.2 Å². The van der Waals surface area contributed by atoms with Crippen molar-refractivity contribution in [1.82, 2.24) is 5.32 Å². The van der Waals surface area contributed by atoms with Gasteiger partial charge < -0.3 is 10.1 Å². The van der Waals surface area contributed by atoms with Crippen molar-refractivity contribution in [3.05, 3.63) is 69.2 Å². The quantitative estimate of drug-likeness (QED) is 0.777. The van der Waals surface area contributed by atoms with Gasteiger partial charge in [-0.2, -0.15) is 0 Å². The molecule has 2 rings (SSSR count). The number of carbonyl (C=O) groups excluding carboxylic acids is 2. The summed E-state index contributed by atoms with van der Waals surface area (Å²) in [5.41, 5.74) is -0.227. The molecule has 0 aromatic heterocycles. The Hall–Kier alpha value is -2.18. The van der Waals surface area contributed by atoms with Gasteiger partial charge >= 0.3 is 5.97 Å². The molecule has 0 unspecified atom stereocenters. The van der Waals surface area contributed by atoms with Crippen LogP contribution in [0.3, 0.4) is 0 Å². The summed E-state index contributed by atoms with van der Waals surface area (Å²) in [6, 6.07) is 7.27. The van der Waals surface area contributed by atoms with Crippen molar-refractivity contribution in [2.24, 2.45) is 0 Å². The highest BCUT2D eigenvalue weighted by Gasteiger charge is 2.20. The van der Waals surface area contributed by atoms with Crippen LogP contribution in [-0.2, 0) is 9.53 Å². The lowest BCUT2D eigenvalue weighted by atomic mass is 10.1. The van der Waals surface area contributed by atoms with E-state index in [4.69, 9.17) is 23.2 Å². The normalized spacial score (nSPS) is 11.7. The molecule has 0 fully saturated rings. The highest BCUT2D eigenvalue weighted by molar-refractivity contribution is 6.35. The van der Waals surface area contributed by atoms with Crippen LogP contribution in [0.25, 0.3) is 0 Å². The van der Waals surface area contributed by atoms with Crippen LogP contribution in [0.2, 0.25) is 10.0 Å². The number of rotatable bonds is 5. The molecule has 0 bridgehead atoms. The fraction of sp³-hybridized carbons (Fsp3) is 0.176. The van der Waals surface area contributed by atoms with E-state index in [2.05, 4.69) is 10.1 Å². The maximum Gasteiger partial charge on any atom is 0.344 e. The maximum absolute atomic E-state index is 13.5. The second-order valence-electron chi connectivity index (χ2n) is 5.13. The van der Waals surface area contributed by atoms with Crippen LogP contribution in [0.4, 0.5) is 8.78 Å². The summed E-state index contributed by atoms with van der Waals surface area (Å²) < 4.78 is 31.6. The third-order valence-corrected chi connectivity index (χ3v) is 3.87. The first-order valence-corrected chi connectivity index (χ1v) is 7.90. The Kier molecular flexibility index (Phi) is 6.33. The molecule has 1 atom stereocenters. The van der Waals surface area contributed by atoms with Gasteiger partial charge in [-0.05, 0) is 36.8 Å². The summed E-state index contributed by atoms with van der Waals surface area (Å²) in [5, 5.41) is 3.38. The zero-order chi connectivity index (χ0) is 18.6. The maximum atomic E-state index is 13.5. The standard InChI is InChI=1S/C17H13Cl2F2NO3/c1-9(11-6-5-10(18)7-12(11)19)22-15(23)8-25-17(24)16-13(20)3-2-4-14(16)21/h2-7,9H,8H2,1H3,(H,22,23)/t9-/m1/s1. The molecular formula is C17H13Cl2F2NO3. The molecule has 2 aromatic rings. The topological polar surface area (TPSA) is 55.4 Å². The molecule has 0 aliphatic rings. The van der Waals surface area contributed by atoms with Crippen LogP contribution >= 0.6 is 23.2 Å². The van der Waals surface area contributed by atoms with E-state index in [1.54, 1.807) is 19.1 Å². The van der Waals surface area contributed by atoms with Crippen LogP contribution in [-0.4, -0.2) is 18.5 Å². The number of halogens is 4. The number of hydrogen-bond donors (Lipinski definition) is 1. The minimum atomic E-state index is -1.26. The van der Waals surface area contributed by atoms with E-state index in [9.17, 15) is 18.4 Å². The van der Waals surface area contributed by atoms with Crippen molar-refractivity contribution in [3.63, 3.8) is 0 Å². The van der Waals surface area contributed by atoms with Crippen molar-refractivity contribution in [1.29, 1.82) is 0 Å². The Labute approximate surface area is 152 Å². The summed E-state index contributed by atoms with van der Waals surface area (Å²) in [4.78, 5) is 23.6. The predicted octanol–water partition coefficient (Wildman–Crippen LogP) is 4.31. The minimum absolute atomic E-state index is 0.366. The highest BCUT2D eigenvalue weighted by atomic mass is 35.5. The highest BCUT2D eigenvalue weighted by Crippen LogP contribution is 2.26. The molecule has 0 saturated carbocycles.